The fraction of sp³-hybridized carbons (Fsp3) is 0.600. The van der Waals surface area contributed by atoms with Crippen molar-refractivity contribution in [3.05, 3.63) is 35.4 Å². The van der Waals surface area contributed by atoms with Crippen molar-refractivity contribution in [2.75, 3.05) is 0 Å². The van der Waals surface area contributed by atoms with E-state index < -0.39 is 11.6 Å². The number of nitrogens with one attached hydrogen (secondary N) is 1. The molecule has 1 aliphatic carbocycles. The molecule has 2 rings (SSSR count). The summed E-state index contributed by atoms with van der Waals surface area (Å²) in [6, 6.07) is 4.35. The smallest absolute Gasteiger partial charge is 0.162 e. The highest BCUT2D eigenvalue weighted by Crippen LogP contribution is 2.35. The van der Waals surface area contributed by atoms with Crippen LogP contribution >= 0.6 is 0 Å². The van der Waals surface area contributed by atoms with Crippen molar-refractivity contribution >= 4 is 0 Å². The lowest BCUT2D eigenvalue weighted by Crippen LogP contribution is -2.42. The molecule has 0 bridgehead atoms. The SMILES string of the molecule is CCC1CCC(C(Cc2cccc(F)c2F)NN)C1. The normalized spacial score (nSPS) is 24.6. The van der Waals surface area contributed by atoms with Crippen molar-refractivity contribution < 1.29 is 8.78 Å². The third-order valence-corrected chi connectivity index (χ3v) is 4.41. The summed E-state index contributed by atoms with van der Waals surface area (Å²) in [5.41, 5.74) is 3.20. The molecule has 0 aliphatic heterocycles. The Labute approximate surface area is 113 Å². The van der Waals surface area contributed by atoms with Crippen molar-refractivity contribution in [3.63, 3.8) is 0 Å². The van der Waals surface area contributed by atoms with Gasteiger partial charge in [-0.25, -0.2) is 8.78 Å². The molecule has 0 spiro atoms. The number of hydrogen-bond donors (Lipinski definition) is 2. The van der Waals surface area contributed by atoms with Crippen LogP contribution in [0.5, 0.6) is 0 Å². The van der Waals surface area contributed by atoms with Gasteiger partial charge in [0.05, 0.1) is 0 Å². The zero-order valence-electron chi connectivity index (χ0n) is 11.3. The van der Waals surface area contributed by atoms with Crippen molar-refractivity contribution in [2.24, 2.45) is 17.7 Å². The molecule has 3 N–H and O–H groups in total. The first-order chi connectivity index (χ1) is 9.15. The van der Waals surface area contributed by atoms with Gasteiger partial charge in [-0.15, -0.1) is 0 Å². The summed E-state index contributed by atoms with van der Waals surface area (Å²) in [7, 11) is 0. The lowest BCUT2D eigenvalue weighted by Gasteiger charge is -2.23. The van der Waals surface area contributed by atoms with E-state index in [0.717, 1.165) is 24.8 Å². The molecule has 4 heteroatoms. The topological polar surface area (TPSA) is 38.0 Å². The average molecular weight is 268 g/mol. The van der Waals surface area contributed by atoms with Crippen LogP contribution in [0.4, 0.5) is 8.78 Å². The Balaban J connectivity index is 2.05. The van der Waals surface area contributed by atoms with Crippen LogP contribution in [0.15, 0.2) is 18.2 Å². The van der Waals surface area contributed by atoms with E-state index in [9.17, 15) is 8.78 Å². The minimum absolute atomic E-state index is 0.0212. The zero-order chi connectivity index (χ0) is 13.8. The molecule has 1 aliphatic rings. The summed E-state index contributed by atoms with van der Waals surface area (Å²) >= 11 is 0. The van der Waals surface area contributed by atoms with Gasteiger partial charge in [-0.1, -0.05) is 31.9 Å². The molecule has 1 fully saturated rings. The molecule has 0 radical (unpaired) electrons. The Morgan fingerprint density at radius 2 is 2.16 bits per heavy atom. The first-order valence-electron chi connectivity index (χ1n) is 7.04. The van der Waals surface area contributed by atoms with Crippen LogP contribution in [0, 0.1) is 23.5 Å². The van der Waals surface area contributed by atoms with Gasteiger partial charge in [-0.3, -0.25) is 11.3 Å². The molecular formula is C15H22F2N2. The Morgan fingerprint density at radius 1 is 1.37 bits per heavy atom. The maximum Gasteiger partial charge on any atom is 0.162 e. The minimum Gasteiger partial charge on any atom is -0.271 e. The van der Waals surface area contributed by atoms with Crippen LogP contribution in [0.2, 0.25) is 0 Å². The van der Waals surface area contributed by atoms with Gasteiger partial charge in [0.1, 0.15) is 0 Å². The highest BCUT2D eigenvalue weighted by Gasteiger charge is 2.30. The second-order valence-electron chi connectivity index (χ2n) is 5.54. The molecule has 106 valence electrons. The van der Waals surface area contributed by atoms with Crippen LogP contribution in [0.25, 0.3) is 0 Å². The number of nitrogens with two attached hydrogens (primary N) is 1. The maximum atomic E-state index is 13.7. The van der Waals surface area contributed by atoms with E-state index in [2.05, 4.69) is 12.3 Å². The van der Waals surface area contributed by atoms with Crippen molar-refractivity contribution in [1.29, 1.82) is 0 Å². The summed E-state index contributed by atoms with van der Waals surface area (Å²) < 4.78 is 26.9. The van der Waals surface area contributed by atoms with E-state index in [1.165, 1.54) is 12.8 Å². The average Bonchev–Trinajstić information content (AvgIpc) is 2.89. The highest BCUT2D eigenvalue weighted by molar-refractivity contribution is 5.20. The molecule has 1 aromatic carbocycles. The van der Waals surface area contributed by atoms with E-state index in [-0.39, 0.29) is 6.04 Å². The van der Waals surface area contributed by atoms with Gasteiger partial charge in [-0.2, -0.15) is 0 Å². The molecule has 0 saturated heterocycles. The summed E-state index contributed by atoms with van der Waals surface area (Å²) in [6.07, 6.45) is 5.08. The molecular weight excluding hydrogens is 246 g/mol. The second kappa shape index (κ2) is 6.44. The number of rotatable bonds is 5. The van der Waals surface area contributed by atoms with Crippen LogP contribution in [-0.4, -0.2) is 6.04 Å². The summed E-state index contributed by atoms with van der Waals surface area (Å²) in [5.74, 6) is 5.28. The Kier molecular flexibility index (Phi) is 4.88. The molecule has 1 saturated carbocycles. The molecule has 0 aromatic heterocycles. The molecule has 3 unspecified atom stereocenters. The summed E-state index contributed by atoms with van der Waals surface area (Å²) in [5, 5.41) is 0. The molecule has 3 atom stereocenters. The van der Waals surface area contributed by atoms with E-state index in [1.54, 1.807) is 12.1 Å². The van der Waals surface area contributed by atoms with Gasteiger partial charge in [-0.05, 0) is 42.7 Å². The highest BCUT2D eigenvalue weighted by atomic mass is 19.2. The van der Waals surface area contributed by atoms with Crippen LogP contribution in [0.3, 0.4) is 0 Å². The van der Waals surface area contributed by atoms with Gasteiger partial charge in [0.15, 0.2) is 11.6 Å². The number of hydrazine groups is 1. The summed E-state index contributed by atoms with van der Waals surface area (Å²) in [6.45, 7) is 2.20. The van der Waals surface area contributed by atoms with E-state index in [4.69, 9.17) is 5.84 Å². The molecule has 0 heterocycles. The molecule has 0 amide bonds. The standard InChI is InChI=1S/C15H22F2N2/c1-2-10-6-7-11(8-10)14(19-18)9-12-4-3-5-13(16)15(12)17/h3-5,10-11,14,19H,2,6-9,18H2,1H3. The fourth-order valence-corrected chi connectivity index (χ4v) is 3.15. The Morgan fingerprint density at radius 3 is 2.79 bits per heavy atom. The van der Waals surface area contributed by atoms with Crippen LogP contribution in [0.1, 0.15) is 38.2 Å². The first kappa shape index (κ1) is 14.4. The van der Waals surface area contributed by atoms with Gasteiger partial charge in [0.2, 0.25) is 0 Å². The second-order valence-corrected chi connectivity index (χ2v) is 5.54. The summed E-state index contributed by atoms with van der Waals surface area (Å²) in [4.78, 5) is 0. The van der Waals surface area contributed by atoms with E-state index in [0.29, 0.717) is 17.9 Å². The molecule has 2 nitrogen and oxygen atoms in total. The number of hydrogen-bond acceptors (Lipinski definition) is 2. The van der Waals surface area contributed by atoms with Crippen molar-refractivity contribution in [3.8, 4) is 0 Å². The largest absolute Gasteiger partial charge is 0.271 e. The minimum atomic E-state index is -0.786. The van der Waals surface area contributed by atoms with Gasteiger partial charge in [0.25, 0.3) is 0 Å². The third kappa shape index (κ3) is 3.31. The zero-order valence-corrected chi connectivity index (χ0v) is 11.3. The predicted molar refractivity (Wildman–Crippen MR) is 72.3 cm³/mol. The molecule has 19 heavy (non-hydrogen) atoms. The fourth-order valence-electron chi connectivity index (χ4n) is 3.15. The molecule has 1 aromatic rings. The predicted octanol–water partition coefficient (Wildman–Crippen LogP) is 3.17. The Hall–Kier alpha value is -1.00. The van der Waals surface area contributed by atoms with Gasteiger partial charge in [0, 0.05) is 6.04 Å². The number of halogens is 2. The quantitative estimate of drug-likeness (QED) is 0.636. The van der Waals surface area contributed by atoms with Gasteiger partial charge >= 0.3 is 0 Å². The van der Waals surface area contributed by atoms with Crippen LogP contribution in [-0.2, 0) is 6.42 Å². The van der Waals surface area contributed by atoms with Gasteiger partial charge < -0.3 is 0 Å². The Bertz CT molecular complexity index is 423. The monoisotopic (exact) mass is 268 g/mol. The lowest BCUT2D eigenvalue weighted by atomic mass is 9.91. The van der Waals surface area contributed by atoms with E-state index >= 15 is 0 Å². The van der Waals surface area contributed by atoms with Crippen molar-refractivity contribution in [1.82, 2.24) is 5.43 Å². The van der Waals surface area contributed by atoms with Crippen LogP contribution < -0.4 is 11.3 Å². The van der Waals surface area contributed by atoms with Crippen molar-refractivity contribution in [2.45, 2.75) is 45.1 Å². The third-order valence-electron chi connectivity index (χ3n) is 4.41. The maximum absolute atomic E-state index is 13.7. The number of benzene rings is 1. The lowest BCUT2D eigenvalue weighted by molar-refractivity contribution is 0.343. The first-order valence-corrected chi connectivity index (χ1v) is 7.04. The van der Waals surface area contributed by atoms with E-state index in [1.807, 2.05) is 0 Å².